The first kappa shape index (κ1) is 17.2. The fraction of sp³-hybridized carbons (Fsp3) is 0.500. The molecule has 5 heteroatoms. The fourth-order valence-electron chi connectivity index (χ4n) is 1.20. The van der Waals surface area contributed by atoms with E-state index in [-0.39, 0.29) is 23.6 Å². The lowest BCUT2D eigenvalue weighted by molar-refractivity contribution is -0.143. The molecule has 21 heavy (non-hydrogen) atoms. The van der Waals surface area contributed by atoms with Gasteiger partial charge >= 0.3 is 11.9 Å². The highest BCUT2D eigenvalue weighted by Crippen LogP contribution is 2.40. The molecule has 0 aromatic rings. The van der Waals surface area contributed by atoms with Gasteiger partial charge in [-0.2, -0.15) is 0 Å². The second kappa shape index (κ2) is 7.22. The molecule has 5 nitrogen and oxygen atoms in total. The summed E-state index contributed by atoms with van der Waals surface area (Å²) < 4.78 is 14.7. The molecule has 0 spiro atoms. The first-order valence-electron chi connectivity index (χ1n) is 6.76. The number of ether oxygens (including phenoxy) is 3. The summed E-state index contributed by atoms with van der Waals surface area (Å²) in [5.74, 6) is -0.655. The standard InChI is InChI=1S/C9H12O2.C7H10O3/c1-4-9(5-6-9)11-8(10)7(2)3;1-5(2)7(8)10-4-6-3-9-6/h4H,1-2,5-6H2,3H3;6H,1,3-4H2,2H3. The Hall–Kier alpha value is -1.88. The molecule has 2 fully saturated rings. The maximum Gasteiger partial charge on any atom is 0.333 e. The van der Waals surface area contributed by atoms with E-state index in [1.807, 2.05) is 0 Å². The van der Waals surface area contributed by atoms with Gasteiger partial charge in [-0.3, -0.25) is 0 Å². The number of rotatable bonds is 6. The molecule has 2 aliphatic rings. The maximum absolute atomic E-state index is 11.0. The van der Waals surface area contributed by atoms with Crippen LogP contribution in [0.1, 0.15) is 26.7 Å². The van der Waals surface area contributed by atoms with E-state index in [0.29, 0.717) is 24.4 Å². The monoisotopic (exact) mass is 294 g/mol. The molecule has 1 saturated carbocycles. The Morgan fingerprint density at radius 1 is 1.24 bits per heavy atom. The van der Waals surface area contributed by atoms with Crippen molar-refractivity contribution in [1.29, 1.82) is 0 Å². The van der Waals surface area contributed by atoms with Crippen LogP contribution in [0.2, 0.25) is 0 Å². The van der Waals surface area contributed by atoms with Gasteiger partial charge in [0.25, 0.3) is 0 Å². The molecule has 0 aromatic carbocycles. The van der Waals surface area contributed by atoms with Crippen LogP contribution in [0.5, 0.6) is 0 Å². The minimum absolute atomic E-state index is 0.142. The predicted octanol–water partition coefficient (Wildman–Crippen LogP) is 2.33. The van der Waals surface area contributed by atoms with Crippen molar-refractivity contribution in [3.63, 3.8) is 0 Å². The van der Waals surface area contributed by atoms with Gasteiger partial charge in [0, 0.05) is 11.1 Å². The summed E-state index contributed by atoms with van der Waals surface area (Å²) >= 11 is 0. The van der Waals surface area contributed by atoms with E-state index < -0.39 is 0 Å². The van der Waals surface area contributed by atoms with Crippen molar-refractivity contribution < 1.29 is 23.8 Å². The first-order valence-corrected chi connectivity index (χ1v) is 6.76. The van der Waals surface area contributed by atoms with Crippen LogP contribution in [0.25, 0.3) is 0 Å². The Morgan fingerprint density at radius 2 is 1.76 bits per heavy atom. The third kappa shape index (κ3) is 6.40. The van der Waals surface area contributed by atoms with E-state index >= 15 is 0 Å². The third-order valence-corrected chi connectivity index (χ3v) is 2.91. The van der Waals surface area contributed by atoms with E-state index in [4.69, 9.17) is 14.2 Å². The Bertz CT molecular complexity index is 455. The summed E-state index contributed by atoms with van der Waals surface area (Å²) in [6.07, 6.45) is 3.63. The van der Waals surface area contributed by atoms with Crippen LogP contribution in [0, 0.1) is 0 Å². The van der Waals surface area contributed by atoms with Gasteiger partial charge in [-0.1, -0.05) is 19.7 Å². The van der Waals surface area contributed by atoms with E-state index in [2.05, 4.69) is 19.7 Å². The van der Waals surface area contributed by atoms with E-state index in [0.717, 1.165) is 12.8 Å². The summed E-state index contributed by atoms with van der Waals surface area (Å²) in [7, 11) is 0. The van der Waals surface area contributed by atoms with Crippen LogP contribution in [0.15, 0.2) is 37.0 Å². The second-order valence-electron chi connectivity index (χ2n) is 5.27. The molecule has 0 bridgehead atoms. The Balaban J connectivity index is 0.000000211. The van der Waals surface area contributed by atoms with Crippen LogP contribution < -0.4 is 0 Å². The Labute approximate surface area is 125 Å². The molecule has 1 saturated heterocycles. The number of hydrogen-bond acceptors (Lipinski definition) is 5. The lowest BCUT2D eigenvalue weighted by Gasteiger charge is -2.10. The molecule has 1 aliphatic heterocycles. The highest BCUT2D eigenvalue weighted by atomic mass is 16.6. The molecule has 1 heterocycles. The normalized spacial score (nSPS) is 20.2. The number of hydrogen-bond donors (Lipinski definition) is 0. The molecule has 0 amide bonds. The van der Waals surface area contributed by atoms with Gasteiger partial charge in [0.15, 0.2) is 0 Å². The largest absolute Gasteiger partial charge is 0.459 e. The molecule has 0 aromatic heterocycles. The highest BCUT2D eigenvalue weighted by Gasteiger charge is 2.43. The third-order valence-electron chi connectivity index (χ3n) is 2.91. The molecule has 2 rings (SSSR count). The van der Waals surface area contributed by atoms with Crippen LogP contribution in [-0.2, 0) is 23.8 Å². The van der Waals surface area contributed by atoms with Gasteiger partial charge in [-0.25, -0.2) is 9.59 Å². The van der Waals surface area contributed by atoms with E-state index in [9.17, 15) is 9.59 Å². The summed E-state index contributed by atoms with van der Waals surface area (Å²) in [5, 5.41) is 0. The van der Waals surface area contributed by atoms with Gasteiger partial charge in [-0.15, -0.1) is 0 Å². The molecule has 0 radical (unpaired) electrons. The van der Waals surface area contributed by atoms with Crippen LogP contribution in [-0.4, -0.2) is 36.9 Å². The zero-order valence-corrected chi connectivity index (χ0v) is 12.6. The van der Waals surface area contributed by atoms with Crippen molar-refractivity contribution in [3.05, 3.63) is 37.0 Å². The van der Waals surface area contributed by atoms with Crippen LogP contribution in [0.4, 0.5) is 0 Å². The van der Waals surface area contributed by atoms with Crippen LogP contribution in [0.3, 0.4) is 0 Å². The number of carbonyl (C=O) groups is 2. The first-order chi connectivity index (χ1) is 9.79. The molecule has 1 unspecified atom stereocenters. The number of esters is 2. The summed E-state index contributed by atoms with van der Waals surface area (Å²) in [4.78, 5) is 21.7. The summed E-state index contributed by atoms with van der Waals surface area (Å²) in [6, 6.07) is 0. The van der Waals surface area contributed by atoms with Gasteiger partial charge in [-0.05, 0) is 32.8 Å². The molecule has 0 N–H and O–H groups in total. The molecule has 1 atom stereocenters. The Kier molecular flexibility index (Phi) is 5.90. The highest BCUT2D eigenvalue weighted by molar-refractivity contribution is 5.87. The minimum atomic E-state index is -0.351. The topological polar surface area (TPSA) is 65.1 Å². The van der Waals surface area contributed by atoms with Crippen molar-refractivity contribution in [2.75, 3.05) is 13.2 Å². The van der Waals surface area contributed by atoms with Crippen molar-refractivity contribution in [2.45, 2.75) is 38.4 Å². The lowest BCUT2D eigenvalue weighted by Crippen LogP contribution is -2.16. The smallest absolute Gasteiger partial charge is 0.333 e. The van der Waals surface area contributed by atoms with Gasteiger partial charge in [0.1, 0.15) is 18.3 Å². The second-order valence-corrected chi connectivity index (χ2v) is 5.27. The van der Waals surface area contributed by atoms with Gasteiger partial charge in [0.05, 0.1) is 6.61 Å². The van der Waals surface area contributed by atoms with Crippen molar-refractivity contribution in [3.8, 4) is 0 Å². The Morgan fingerprint density at radius 3 is 2.10 bits per heavy atom. The fourth-order valence-corrected chi connectivity index (χ4v) is 1.20. The molecule has 1 aliphatic carbocycles. The summed E-state index contributed by atoms with van der Waals surface area (Å²) in [5.41, 5.74) is 0.523. The summed E-state index contributed by atoms with van der Waals surface area (Å²) in [6.45, 7) is 14.9. The maximum atomic E-state index is 11.0. The molecular formula is C16H22O5. The number of carbonyl (C=O) groups excluding carboxylic acids is 2. The van der Waals surface area contributed by atoms with Crippen molar-refractivity contribution in [2.24, 2.45) is 0 Å². The quantitative estimate of drug-likeness (QED) is 0.325. The van der Waals surface area contributed by atoms with Gasteiger partial charge in [0.2, 0.25) is 0 Å². The zero-order valence-electron chi connectivity index (χ0n) is 12.6. The van der Waals surface area contributed by atoms with Crippen LogP contribution >= 0.6 is 0 Å². The predicted molar refractivity (Wildman–Crippen MR) is 78.6 cm³/mol. The SMILES string of the molecule is C=C(C)C(=O)OCC1CO1.C=CC1(OC(=O)C(=C)C)CC1. The molecule has 116 valence electrons. The average Bonchev–Trinajstić information content (AvgIpc) is 3.32. The van der Waals surface area contributed by atoms with Crippen molar-refractivity contribution in [1.82, 2.24) is 0 Å². The lowest BCUT2D eigenvalue weighted by atomic mass is 10.3. The van der Waals surface area contributed by atoms with Gasteiger partial charge < -0.3 is 14.2 Å². The van der Waals surface area contributed by atoms with E-state index in [1.165, 1.54) is 0 Å². The van der Waals surface area contributed by atoms with Crippen molar-refractivity contribution >= 4 is 11.9 Å². The zero-order chi connectivity index (χ0) is 16.0. The number of epoxide rings is 1. The molecular weight excluding hydrogens is 272 g/mol. The minimum Gasteiger partial charge on any atom is -0.459 e. The van der Waals surface area contributed by atoms with E-state index in [1.54, 1.807) is 19.9 Å². The average molecular weight is 294 g/mol.